The molecule has 0 radical (unpaired) electrons. The highest BCUT2D eigenvalue weighted by Gasteiger charge is 2.27. The molecule has 0 bridgehead atoms. The van der Waals surface area contributed by atoms with Crippen molar-refractivity contribution in [3.8, 4) is 0 Å². The Balaban J connectivity index is 1.49. The second kappa shape index (κ2) is 5.56. The predicted molar refractivity (Wildman–Crippen MR) is 73.0 cm³/mol. The summed E-state index contributed by atoms with van der Waals surface area (Å²) in [4.78, 5) is 20.1. The first kappa shape index (κ1) is 13.0. The summed E-state index contributed by atoms with van der Waals surface area (Å²) in [5.74, 6) is 0.571. The third-order valence-electron chi connectivity index (χ3n) is 3.74. The normalized spacial score (nSPS) is 20.8. The minimum atomic E-state index is -0.378. The van der Waals surface area contributed by atoms with E-state index < -0.39 is 0 Å². The van der Waals surface area contributed by atoms with Gasteiger partial charge in [0.05, 0.1) is 10.7 Å². The average molecular weight is 281 g/mol. The second-order valence-electron chi connectivity index (χ2n) is 5.27. The first-order valence-electron chi connectivity index (χ1n) is 6.81. The molecule has 1 aliphatic heterocycles. The fourth-order valence-corrected chi connectivity index (χ4v) is 3.38. The molecule has 0 aromatic carbocycles. The van der Waals surface area contributed by atoms with Gasteiger partial charge in [0.25, 0.3) is 0 Å². The van der Waals surface area contributed by atoms with Crippen LogP contribution in [0.2, 0.25) is 0 Å². The molecule has 1 aromatic heterocycles. The number of rotatable bonds is 4. The number of nitrogens with zero attached hydrogens (tertiary/aromatic N) is 3. The van der Waals surface area contributed by atoms with E-state index in [-0.39, 0.29) is 12.5 Å². The topological polar surface area (TPSA) is 56.7 Å². The SMILES string of the molecule is O=C(CO)N1CCN(Cc2csc(C3CC3)n2)CC1. The van der Waals surface area contributed by atoms with Gasteiger partial charge < -0.3 is 10.0 Å². The van der Waals surface area contributed by atoms with Crippen LogP contribution in [0, 0.1) is 0 Å². The number of carbonyl (C=O) groups excluding carboxylic acids is 1. The molecular weight excluding hydrogens is 262 g/mol. The van der Waals surface area contributed by atoms with Crippen LogP contribution in [0.1, 0.15) is 29.5 Å². The zero-order chi connectivity index (χ0) is 13.2. The lowest BCUT2D eigenvalue weighted by Crippen LogP contribution is -2.49. The first-order valence-corrected chi connectivity index (χ1v) is 7.69. The van der Waals surface area contributed by atoms with Gasteiger partial charge >= 0.3 is 0 Å². The van der Waals surface area contributed by atoms with Crippen molar-refractivity contribution in [3.05, 3.63) is 16.1 Å². The molecule has 6 heteroatoms. The van der Waals surface area contributed by atoms with Crippen LogP contribution in [0.25, 0.3) is 0 Å². The summed E-state index contributed by atoms with van der Waals surface area (Å²) in [5.41, 5.74) is 1.16. The molecule has 5 nitrogen and oxygen atoms in total. The molecule has 104 valence electrons. The van der Waals surface area contributed by atoms with Gasteiger partial charge in [0.1, 0.15) is 6.61 Å². The fourth-order valence-electron chi connectivity index (χ4n) is 2.40. The molecule has 2 fully saturated rings. The van der Waals surface area contributed by atoms with Crippen LogP contribution in [-0.4, -0.2) is 58.6 Å². The molecule has 0 spiro atoms. The summed E-state index contributed by atoms with van der Waals surface area (Å²) in [5, 5.41) is 12.3. The third kappa shape index (κ3) is 3.13. The summed E-state index contributed by atoms with van der Waals surface area (Å²) < 4.78 is 0. The largest absolute Gasteiger partial charge is 0.387 e. The van der Waals surface area contributed by atoms with Gasteiger partial charge in [-0.25, -0.2) is 4.98 Å². The molecule has 1 amide bonds. The Labute approximate surface area is 116 Å². The Hall–Kier alpha value is -0.980. The zero-order valence-corrected chi connectivity index (χ0v) is 11.7. The van der Waals surface area contributed by atoms with E-state index in [1.807, 2.05) is 0 Å². The predicted octanol–water partition coefficient (Wildman–Crippen LogP) is 0.657. The van der Waals surface area contributed by atoms with Crippen LogP contribution in [0.3, 0.4) is 0 Å². The van der Waals surface area contributed by atoms with Crippen molar-refractivity contribution in [1.29, 1.82) is 0 Å². The zero-order valence-electron chi connectivity index (χ0n) is 10.9. The number of hydrogen-bond acceptors (Lipinski definition) is 5. The molecule has 2 aliphatic rings. The van der Waals surface area contributed by atoms with E-state index in [0.29, 0.717) is 13.1 Å². The molecule has 0 atom stereocenters. The van der Waals surface area contributed by atoms with Crippen molar-refractivity contribution < 1.29 is 9.90 Å². The maximum atomic E-state index is 11.4. The summed E-state index contributed by atoms with van der Waals surface area (Å²) in [6.45, 7) is 3.64. The van der Waals surface area contributed by atoms with Gasteiger partial charge in [-0.3, -0.25) is 9.69 Å². The Morgan fingerprint density at radius 3 is 2.74 bits per heavy atom. The van der Waals surface area contributed by atoms with Crippen LogP contribution in [0.5, 0.6) is 0 Å². The van der Waals surface area contributed by atoms with Gasteiger partial charge in [-0.1, -0.05) is 0 Å². The van der Waals surface area contributed by atoms with Crippen LogP contribution in [0.4, 0.5) is 0 Å². The molecule has 1 saturated heterocycles. The maximum absolute atomic E-state index is 11.4. The number of thiazole rings is 1. The van der Waals surface area contributed by atoms with Crippen molar-refractivity contribution in [3.63, 3.8) is 0 Å². The molecule has 1 aliphatic carbocycles. The van der Waals surface area contributed by atoms with E-state index in [9.17, 15) is 4.79 Å². The molecule has 3 rings (SSSR count). The van der Waals surface area contributed by atoms with Crippen LogP contribution >= 0.6 is 11.3 Å². The van der Waals surface area contributed by atoms with Crippen LogP contribution < -0.4 is 0 Å². The number of hydrogen-bond donors (Lipinski definition) is 1. The molecule has 0 unspecified atom stereocenters. The monoisotopic (exact) mass is 281 g/mol. The molecule has 19 heavy (non-hydrogen) atoms. The van der Waals surface area contributed by atoms with Crippen molar-refractivity contribution >= 4 is 17.2 Å². The van der Waals surface area contributed by atoms with E-state index >= 15 is 0 Å². The Morgan fingerprint density at radius 2 is 2.11 bits per heavy atom. The highest BCUT2D eigenvalue weighted by Crippen LogP contribution is 2.41. The lowest BCUT2D eigenvalue weighted by molar-refractivity contribution is -0.136. The number of aromatic nitrogens is 1. The summed E-state index contributed by atoms with van der Waals surface area (Å²) in [6.07, 6.45) is 2.60. The van der Waals surface area contributed by atoms with E-state index in [1.54, 1.807) is 16.2 Å². The molecular formula is C13H19N3O2S. The summed E-state index contributed by atoms with van der Waals surface area (Å²) >= 11 is 1.78. The van der Waals surface area contributed by atoms with Crippen LogP contribution in [0.15, 0.2) is 5.38 Å². The number of aliphatic hydroxyl groups excluding tert-OH is 1. The lowest BCUT2D eigenvalue weighted by atomic mass is 10.3. The van der Waals surface area contributed by atoms with Crippen molar-refractivity contribution in [2.45, 2.75) is 25.3 Å². The fraction of sp³-hybridized carbons (Fsp3) is 0.692. The van der Waals surface area contributed by atoms with Gasteiger partial charge in [0.2, 0.25) is 5.91 Å². The smallest absolute Gasteiger partial charge is 0.248 e. The van der Waals surface area contributed by atoms with E-state index in [0.717, 1.165) is 31.2 Å². The van der Waals surface area contributed by atoms with Crippen LogP contribution in [-0.2, 0) is 11.3 Å². The Bertz CT molecular complexity index is 450. The molecule has 1 N–H and O–H groups in total. The van der Waals surface area contributed by atoms with E-state index in [2.05, 4.69) is 10.3 Å². The van der Waals surface area contributed by atoms with E-state index in [4.69, 9.17) is 10.1 Å². The quantitative estimate of drug-likeness (QED) is 0.881. The molecule has 1 aromatic rings. The minimum Gasteiger partial charge on any atom is -0.387 e. The maximum Gasteiger partial charge on any atom is 0.248 e. The lowest BCUT2D eigenvalue weighted by Gasteiger charge is -2.34. The van der Waals surface area contributed by atoms with E-state index in [1.165, 1.54) is 17.8 Å². The number of amides is 1. The standard InChI is InChI=1S/C13H19N3O2S/c17-8-12(18)16-5-3-15(4-6-16)7-11-9-19-13(14-11)10-1-2-10/h9-10,17H,1-8H2. The number of aliphatic hydroxyl groups is 1. The summed E-state index contributed by atoms with van der Waals surface area (Å²) in [6, 6.07) is 0. The Kier molecular flexibility index (Phi) is 3.81. The van der Waals surface area contributed by atoms with Gasteiger partial charge in [-0.05, 0) is 12.8 Å². The van der Waals surface area contributed by atoms with Gasteiger partial charge in [-0.2, -0.15) is 0 Å². The van der Waals surface area contributed by atoms with Crippen molar-refractivity contribution in [2.24, 2.45) is 0 Å². The van der Waals surface area contributed by atoms with Gasteiger partial charge in [-0.15, -0.1) is 11.3 Å². The van der Waals surface area contributed by atoms with Crippen molar-refractivity contribution in [2.75, 3.05) is 32.8 Å². The average Bonchev–Trinajstić information content (AvgIpc) is 3.20. The number of piperazine rings is 1. The Morgan fingerprint density at radius 1 is 1.37 bits per heavy atom. The van der Waals surface area contributed by atoms with Crippen molar-refractivity contribution in [1.82, 2.24) is 14.8 Å². The second-order valence-corrected chi connectivity index (χ2v) is 6.16. The van der Waals surface area contributed by atoms with Gasteiger partial charge in [0, 0.05) is 44.0 Å². The van der Waals surface area contributed by atoms with Gasteiger partial charge in [0.15, 0.2) is 0 Å². The molecule has 1 saturated carbocycles. The third-order valence-corrected chi connectivity index (χ3v) is 4.80. The number of carbonyl (C=O) groups is 1. The highest BCUT2D eigenvalue weighted by atomic mass is 32.1. The summed E-state index contributed by atoms with van der Waals surface area (Å²) in [7, 11) is 0. The first-order chi connectivity index (χ1) is 9.26. The highest BCUT2D eigenvalue weighted by molar-refractivity contribution is 7.09. The minimum absolute atomic E-state index is 0.163. The molecule has 2 heterocycles.